The summed E-state index contributed by atoms with van der Waals surface area (Å²) in [6.45, 7) is 4.45. The highest BCUT2D eigenvalue weighted by atomic mass is 16.5. The van der Waals surface area contributed by atoms with Gasteiger partial charge in [0.05, 0.1) is 12.1 Å². The number of nitrogens with zero attached hydrogens (tertiary/aromatic N) is 4. The van der Waals surface area contributed by atoms with E-state index in [0.717, 1.165) is 49.9 Å². The van der Waals surface area contributed by atoms with Gasteiger partial charge in [-0.25, -0.2) is 9.50 Å². The van der Waals surface area contributed by atoms with Gasteiger partial charge in [0.25, 0.3) is 0 Å². The maximum absolute atomic E-state index is 11.7. The molecule has 2 aromatic rings. The predicted octanol–water partition coefficient (Wildman–Crippen LogP) is 1.88. The summed E-state index contributed by atoms with van der Waals surface area (Å²) in [5, 5.41) is 7.86. The number of carbonyl (C=O) groups is 1. The molecule has 1 aliphatic heterocycles. The minimum atomic E-state index is 0.0422. The molecule has 1 amide bonds. The van der Waals surface area contributed by atoms with Gasteiger partial charge in [-0.2, -0.15) is 0 Å². The van der Waals surface area contributed by atoms with Gasteiger partial charge >= 0.3 is 0 Å². The Morgan fingerprint density at radius 1 is 1.26 bits per heavy atom. The first-order chi connectivity index (χ1) is 13.2. The normalized spacial score (nSPS) is 30.5. The maximum atomic E-state index is 11.7. The number of hydrogen-bond acceptors (Lipinski definition) is 5. The molecule has 2 saturated carbocycles. The minimum absolute atomic E-state index is 0.0422. The van der Waals surface area contributed by atoms with Gasteiger partial charge in [0, 0.05) is 39.0 Å². The molecule has 5 rings (SSSR count). The Kier molecular flexibility index (Phi) is 4.27. The average Bonchev–Trinajstić information content (AvgIpc) is 3.20. The predicted molar refractivity (Wildman–Crippen MR) is 101 cm³/mol. The fraction of sp³-hybridized carbons (Fsp3) is 0.650. The Balaban J connectivity index is 1.30. The Morgan fingerprint density at radius 2 is 2.07 bits per heavy atom. The molecular formula is C20H27N5O2. The molecule has 7 nitrogen and oxygen atoms in total. The van der Waals surface area contributed by atoms with E-state index in [1.54, 1.807) is 13.1 Å². The number of carbonyl (C=O) groups excluding carboxylic acids is 1. The summed E-state index contributed by atoms with van der Waals surface area (Å²) in [4.78, 5) is 18.3. The van der Waals surface area contributed by atoms with Crippen molar-refractivity contribution >= 4 is 17.4 Å². The van der Waals surface area contributed by atoms with Crippen molar-refractivity contribution in [3.05, 3.63) is 24.5 Å². The van der Waals surface area contributed by atoms with Crippen LogP contribution in [0.3, 0.4) is 0 Å². The van der Waals surface area contributed by atoms with Crippen LogP contribution >= 0.6 is 0 Å². The second-order valence-electron chi connectivity index (χ2n) is 8.44. The lowest BCUT2D eigenvalue weighted by Crippen LogP contribution is -2.50. The van der Waals surface area contributed by atoms with Crippen molar-refractivity contribution in [2.24, 2.45) is 17.8 Å². The Morgan fingerprint density at radius 3 is 2.85 bits per heavy atom. The lowest BCUT2D eigenvalue weighted by Gasteiger charge is -2.38. The molecule has 0 aromatic carbocycles. The molecule has 27 heavy (non-hydrogen) atoms. The van der Waals surface area contributed by atoms with Crippen LogP contribution in [0.2, 0.25) is 0 Å². The van der Waals surface area contributed by atoms with Gasteiger partial charge in [0.2, 0.25) is 5.91 Å². The topological polar surface area (TPSA) is 71.8 Å². The first kappa shape index (κ1) is 17.0. The van der Waals surface area contributed by atoms with E-state index in [9.17, 15) is 4.79 Å². The number of rotatable bonds is 5. The van der Waals surface area contributed by atoms with Crippen molar-refractivity contribution in [1.29, 1.82) is 0 Å². The first-order valence-electron chi connectivity index (χ1n) is 10.1. The van der Waals surface area contributed by atoms with Crippen LogP contribution in [0.15, 0.2) is 24.5 Å². The van der Waals surface area contributed by atoms with Gasteiger partial charge in [0.1, 0.15) is 5.82 Å². The molecule has 1 N–H and O–H groups in total. The van der Waals surface area contributed by atoms with Gasteiger partial charge in [-0.05, 0) is 55.6 Å². The number of hydrogen-bond donors (Lipinski definition) is 1. The molecule has 0 bridgehead atoms. The van der Waals surface area contributed by atoms with Crippen LogP contribution in [-0.4, -0.2) is 52.3 Å². The van der Waals surface area contributed by atoms with Crippen molar-refractivity contribution in [3.63, 3.8) is 0 Å². The number of aromatic nitrogens is 3. The van der Waals surface area contributed by atoms with Crippen LogP contribution in [0, 0.1) is 17.8 Å². The molecule has 0 spiro atoms. The standard InChI is InChI=1S/C20H27N5O2/c1-13(26)22-17-8-15-10-24(20-5-4-19-21-6-7-25(19)23-20)11-16(15)9-18(17)27-12-14-2-3-14/h4-7,14-18H,2-3,8-12H2,1H3,(H,22,26)/t15-,16+,17-,18-/m1/s1. The van der Waals surface area contributed by atoms with Crippen molar-refractivity contribution in [3.8, 4) is 0 Å². The van der Waals surface area contributed by atoms with E-state index in [2.05, 4.69) is 21.3 Å². The zero-order chi connectivity index (χ0) is 18.4. The molecule has 3 fully saturated rings. The molecular weight excluding hydrogens is 342 g/mol. The largest absolute Gasteiger partial charge is 0.376 e. The molecule has 0 unspecified atom stereocenters. The van der Waals surface area contributed by atoms with Crippen LogP contribution in [-0.2, 0) is 9.53 Å². The highest BCUT2D eigenvalue weighted by molar-refractivity contribution is 5.73. The quantitative estimate of drug-likeness (QED) is 0.871. The van der Waals surface area contributed by atoms with Crippen molar-refractivity contribution in [2.45, 2.75) is 44.8 Å². The maximum Gasteiger partial charge on any atom is 0.217 e. The molecule has 3 aliphatic rings. The van der Waals surface area contributed by atoms with Gasteiger partial charge in [-0.1, -0.05) is 0 Å². The smallest absolute Gasteiger partial charge is 0.217 e. The first-order valence-corrected chi connectivity index (χ1v) is 10.1. The van der Waals surface area contributed by atoms with Crippen LogP contribution in [0.5, 0.6) is 0 Å². The molecule has 0 radical (unpaired) electrons. The van der Waals surface area contributed by atoms with Crippen LogP contribution < -0.4 is 10.2 Å². The van der Waals surface area contributed by atoms with Crippen LogP contribution in [0.4, 0.5) is 5.82 Å². The highest BCUT2D eigenvalue weighted by Crippen LogP contribution is 2.40. The number of amides is 1. The number of fused-ring (bicyclic) bond motifs is 2. The lowest BCUT2D eigenvalue weighted by atomic mass is 9.77. The molecule has 2 aliphatic carbocycles. The zero-order valence-corrected chi connectivity index (χ0v) is 15.8. The second-order valence-corrected chi connectivity index (χ2v) is 8.44. The number of ether oxygens (including phenoxy) is 1. The summed E-state index contributed by atoms with van der Waals surface area (Å²) in [5.74, 6) is 2.95. The van der Waals surface area contributed by atoms with E-state index in [1.165, 1.54) is 12.8 Å². The summed E-state index contributed by atoms with van der Waals surface area (Å²) < 4.78 is 8.09. The minimum Gasteiger partial charge on any atom is -0.376 e. The van der Waals surface area contributed by atoms with Gasteiger partial charge in [-0.15, -0.1) is 5.10 Å². The SMILES string of the molecule is CC(=O)N[C@@H]1C[C@@H]2CN(c3ccc4nccn4n3)C[C@@H]2C[C@H]1OCC1CC1. The third kappa shape index (κ3) is 3.52. The molecule has 144 valence electrons. The summed E-state index contributed by atoms with van der Waals surface area (Å²) in [6, 6.07) is 4.21. The van der Waals surface area contributed by atoms with Gasteiger partial charge in [-0.3, -0.25) is 4.79 Å². The molecule has 4 atom stereocenters. The van der Waals surface area contributed by atoms with Crippen molar-refractivity contribution in [1.82, 2.24) is 19.9 Å². The third-order valence-corrected chi connectivity index (χ3v) is 6.31. The average molecular weight is 369 g/mol. The van der Waals surface area contributed by atoms with E-state index in [0.29, 0.717) is 11.8 Å². The van der Waals surface area contributed by atoms with E-state index in [1.807, 2.05) is 16.8 Å². The van der Waals surface area contributed by atoms with Gasteiger partial charge in [0.15, 0.2) is 5.65 Å². The summed E-state index contributed by atoms with van der Waals surface area (Å²) in [6.07, 6.45) is 8.39. The summed E-state index contributed by atoms with van der Waals surface area (Å²) in [5.41, 5.74) is 0.870. The van der Waals surface area contributed by atoms with E-state index >= 15 is 0 Å². The van der Waals surface area contributed by atoms with E-state index in [-0.39, 0.29) is 18.1 Å². The molecule has 7 heteroatoms. The lowest BCUT2D eigenvalue weighted by molar-refractivity contribution is -0.122. The zero-order valence-electron chi connectivity index (χ0n) is 15.8. The van der Waals surface area contributed by atoms with Crippen molar-refractivity contribution in [2.75, 3.05) is 24.6 Å². The van der Waals surface area contributed by atoms with Crippen LogP contribution in [0.1, 0.15) is 32.6 Å². The second kappa shape index (κ2) is 6.78. The van der Waals surface area contributed by atoms with E-state index in [4.69, 9.17) is 9.84 Å². The monoisotopic (exact) mass is 369 g/mol. The Labute approximate surface area is 159 Å². The third-order valence-electron chi connectivity index (χ3n) is 6.31. The summed E-state index contributed by atoms with van der Waals surface area (Å²) in [7, 11) is 0. The fourth-order valence-corrected chi connectivity index (χ4v) is 4.72. The fourth-order valence-electron chi connectivity index (χ4n) is 4.72. The van der Waals surface area contributed by atoms with Crippen LogP contribution in [0.25, 0.3) is 5.65 Å². The number of nitrogens with one attached hydrogen (secondary N) is 1. The van der Waals surface area contributed by atoms with Crippen molar-refractivity contribution < 1.29 is 9.53 Å². The Hall–Kier alpha value is -2.15. The molecule has 2 aromatic heterocycles. The number of anilines is 1. The Bertz CT molecular complexity index is 833. The molecule has 3 heterocycles. The summed E-state index contributed by atoms with van der Waals surface area (Å²) >= 11 is 0. The highest BCUT2D eigenvalue weighted by Gasteiger charge is 2.43. The molecule has 1 saturated heterocycles. The van der Waals surface area contributed by atoms with Gasteiger partial charge < -0.3 is 15.0 Å². The van der Waals surface area contributed by atoms with E-state index < -0.39 is 0 Å². The number of imidazole rings is 1.